The topological polar surface area (TPSA) is 107 Å². The van der Waals surface area contributed by atoms with Crippen molar-refractivity contribution in [2.75, 3.05) is 0 Å². The first-order valence-electron chi connectivity index (χ1n) is 12.4. The van der Waals surface area contributed by atoms with Gasteiger partial charge in [-0.2, -0.15) is 0 Å². The SMILES string of the molecule is CCCCCc1cc(O)c(CC[C@H](C)CCCC(C)C)c(OC(=O)c2cc(O)c(O)c(O)c2)c1. The molecule has 2 aromatic carbocycles. The quantitative estimate of drug-likeness (QED) is 0.110. The minimum atomic E-state index is -0.790. The Kier molecular flexibility index (Phi) is 10.6. The van der Waals surface area contributed by atoms with Crippen molar-refractivity contribution >= 4 is 5.97 Å². The number of hydrogen-bond acceptors (Lipinski definition) is 6. The number of esters is 1. The summed E-state index contributed by atoms with van der Waals surface area (Å²) in [5.41, 5.74) is 1.37. The highest BCUT2D eigenvalue weighted by atomic mass is 16.5. The molecule has 34 heavy (non-hydrogen) atoms. The molecule has 0 aromatic heterocycles. The second-order valence-electron chi connectivity index (χ2n) is 9.77. The van der Waals surface area contributed by atoms with Crippen molar-refractivity contribution in [3.63, 3.8) is 0 Å². The molecule has 188 valence electrons. The first-order valence-corrected chi connectivity index (χ1v) is 12.4. The number of phenols is 4. The zero-order valence-corrected chi connectivity index (χ0v) is 20.9. The number of unbranched alkanes of at least 4 members (excludes halogenated alkanes) is 2. The van der Waals surface area contributed by atoms with Crippen molar-refractivity contribution < 1.29 is 30.0 Å². The summed E-state index contributed by atoms with van der Waals surface area (Å²) < 4.78 is 5.65. The highest BCUT2D eigenvalue weighted by Crippen LogP contribution is 2.37. The van der Waals surface area contributed by atoms with Crippen molar-refractivity contribution in [3.8, 4) is 28.7 Å². The van der Waals surface area contributed by atoms with E-state index in [1.165, 1.54) is 6.42 Å². The Labute approximate surface area is 203 Å². The average Bonchev–Trinajstić information content (AvgIpc) is 2.76. The van der Waals surface area contributed by atoms with Gasteiger partial charge in [-0.3, -0.25) is 0 Å². The standard InChI is InChI=1S/C28H40O6/c1-5-6-7-11-20-14-23(29)22(13-12-19(4)10-8-9-18(2)3)26(15-20)34-28(33)21-16-24(30)27(32)25(31)17-21/h14-19,29-32H,5-13H2,1-4H3/t19-/m1/s1. The number of aryl methyl sites for hydroxylation is 1. The van der Waals surface area contributed by atoms with E-state index in [1.807, 2.05) is 0 Å². The van der Waals surface area contributed by atoms with Gasteiger partial charge < -0.3 is 25.2 Å². The normalized spacial score (nSPS) is 12.1. The molecule has 2 aromatic rings. The molecular weight excluding hydrogens is 432 g/mol. The fraction of sp³-hybridized carbons (Fsp3) is 0.536. The number of aromatic hydroxyl groups is 4. The van der Waals surface area contributed by atoms with Crippen molar-refractivity contribution in [1.82, 2.24) is 0 Å². The van der Waals surface area contributed by atoms with Gasteiger partial charge in [0.2, 0.25) is 0 Å². The first-order chi connectivity index (χ1) is 16.1. The van der Waals surface area contributed by atoms with Gasteiger partial charge in [0.15, 0.2) is 17.2 Å². The molecule has 0 radical (unpaired) electrons. The molecule has 0 saturated carbocycles. The third-order valence-electron chi connectivity index (χ3n) is 6.19. The number of ether oxygens (including phenoxy) is 1. The van der Waals surface area contributed by atoms with E-state index in [0.29, 0.717) is 23.8 Å². The number of hydrogen-bond donors (Lipinski definition) is 4. The fourth-order valence-corrected chi connectivity index (χ4v) is 4.04. The molecule has 0 aliphatic heterocycles. The highest BCUT2D eigenvalue weighted by Gasteiger charge is 2.20. The van der Waals surface area contributed by atoms with Gasteiger partial charge in [0.25, 0.3) is 0 Å². The van der Waals surface area contributed by atoms with Gasteiger partial charge in [-0.25, -0.2) is 4.79 Å². The van der Waals surface area contributed by atoms with Crippen LogP contribution in [0.3, 0.4) is 0 Å². The van der Waals surface area contributed by atoms with E-state index in [1.54, 1.807) is 12.1 Å². The Morgan fingerprint density at radius 2 is 1.50 bits per heavy atom. The third kappa shape index (κ3) is 8.15. The molecule has 0 bridgehead atoms. The van der Waals surface area contributed by atoms with Crippen LogP contribution in [0.15, 0.2) is 24.3 Å². The summed E-state index contributed by atoms with van der Waals surface area (Å²) in [6.45, 7) is 8.76. The van der Waals surface area contributed by atoms with Gasteiger partial charge in [0.1, 0.15) is 11.5 Å². The minimum Gasteiger partial charge on any atom is -0.508 e. The maximum absolute atomic E-state index is 12.8. The summed E-state index contributed by atoms with van der Waals surface area (Å²) >= 11 is 0. The van der Waals surface area contributed by atoms with E-state index in [4.69, 9.17) is 4.74 Å². The maximum Gasteiger partial charge on any atom is 0.343 e. The second-order valence-corrected chi connectivity index (χ2v) is 9.77. The molecular formula is C28H40O6. The van der Waals surface area contributed by atoms with Gasteiger partial charge in [0, 0.05) is 5.56 Å². The lowest BCUT2D eigenvalue weighted by molar-refractivity contribution is 0.0731. The van der Waals surface area contributed by atoms with Gasteiger partial charge >= 0.3 is 5.97 Å². The second kappa shape index (κ2) is 13.1. The van der Waals surface area contributed by atoms with Crippen LogP contribution in [0.1, 0.15) is 94.1 Å². The molecule has 0 saturated heterocycles. The fourth-order valence-electron chi connectivity index (χ4n) is 4.04. The summed E-state index contributed by atoms with van der Waals surface area (Å²) in [7, 11) is 0. The predicted octanol–water partition coefficient (Wildman–Crippen LogP) is 6.86. The van der Waals surface area contributed by atoms with Crippen LogP contribution in [-0.2, 0) is 12.8 Å². The van der Waals surface area contributed by atoms with Crippen LogP contribution in [0.25, 0.3) is 0 Å². The smallest absolute Gasteiger partial charge is 0.343 e. The van der Waals surface area contributed by atoms with Crippen molar-refractivity contribution in [2.45, 2.75) is 85.5 Å². The van der Waals surface area contributed by atoms with E-state index in [0.717, 1.165) is 62.6 Å². The molecule has 0 heterocycles. The van der Waals surface area contributed by atoms with Crippen LogP contribution >= 0.6 is 0 Å². The van der Waals surface area contributed by atoms with E-state index in [2.05, 4.69) is 27.7 Å². The van der Waals surface area contributed by atoms with Crippen molar-refractivity contribution in [3.05, 3.63) is 41.0 Å². The number of benzene rings is 2. The van der Waals surface area contributed by atoms with Crippen LogP contribution in [0.5, 0.6) is 28.7 Å². The lowest BCUT2D eigenvalue weighted by atomic mass is 9.93. The Balaban J connectivity index is 2.24. The summed E-state index contributed by atoms with van der Waals surface area (Å²) in [6.07, 6.45) is 8.76. The lowest BCUT2D eigenvalue weighted by Gasteiger charge is -2.17. The minimum absolute atomic E-state index is 0.100. The van der Waals surface area contributed by atoms with Crippen LogP contribution in [0.2, 0.25) is 0 Å². The summed E-state index contributed by atoms with van der Waals surface area (Å²) in [5.74, 6) is -1.16. The first kappa shape index (κ1) is 27.4. The average molecular weight is 473 g/mol. The Bertz CT molecular complexity index is 927. The molecule has 0 fully saturated rings. The molecule has 6 nitrogen and oxygen atoms in total. The lowest BCUT2D eigenvalue weighted by Crippen LogP contribution is -2.11. The Hall–Kier alpha value is -2.89. The van der Waals surface area contributed by atoms with Crippen LogP contribution in [0.4, 0.5) is 0 Å². The van der Waals surface area contributed by atoms with Crippen molar-refractivity contribution in [1.29, 1.82) is 0 Å². The molecule has 6 heteroatoms. The van der Waals surface area contributed by atoms with E-state index in [-0.39, 0.29) is 17.1 Å². The van der Waals surface area contributed by atoms with Gasteiger partial charge in [-0.05, 0) is 67.3 Å². The zero-order chi connectivity index (χ0) is 25.3. The van der Waals surface area contributed by atoms with Crippen LogP contribution in [0, 0.1) is 11.8 Å². The number of rotatable bonds is 13. The summed E-state index contributed by atoms with van der Waals surface area (Å²) in [4.78, 5) is 12.8. The zero-order valence-electron chi connectivity index (χ0n) is 20.9. The Morgan fingerprint density at radius 3 is 2.12 bits per heavy atom. The predicted molar refractivity (Wildman–Crippen MR) is 134 cm³/mol. The van der Waals surface area contributed by atoms with E-state index < -0.39 is 23.2 Å². The number of carbonyl (C=O) groups is 1. The highest BCUT2D eigenvalue weighted by molar-refractivity contribution is 5.92. The number of phenolic OH excluding ortho intramolecular Hbond substituents is 4. The van der Waals surface area contributed by atoms with Gasteiger partial charge in [0.05, 0.1) is 5.56 Å². The van der Waals surface area contributed by atoms with Gasteiger partial charge in [-0.1, -0.05) is 59.8 Å². The third-order valence-corrected chi connectivity index (χ3v) is 6.19. The van der Waals surface area contributed by atoms with Crippen LogP contribution < -0.4 is 4.74 Å². The molecule has 0 aliphatic carbocycles. The number of carbonyl (C=O) groups excluding carboxylic acids is 1. The molecule has 2 rings (SSSR count). The molecule has 0 spiro atoms. The van der Waals surface area contributed by atoms with E-state index >= 15 is 0 Å². The summed E-state index contributed by atoms with van der Waals surface area (Å²) in [5, 5.41) is 39.8. The summed E-state index contributed by atoms with van der Waals surface area (Å²) in [6, 6.07) is 5.63. The van der Waals surface area contributed by atoms with E-state index in [9.17, 15) is 25.2 Å². The maximum atomic E-state index is 12.8. The monoisotopic (exact) mass is 472 g/mol. The molecule has 0 aliphatic rings. The molecule has 4 N–H and O–H groups in total. The molecule has 0 unspecified atom stereocenters. The largest absolute Gasteiger partial charge is 0.508 e. The Morgan fingerprint density at radius 1 is 0.824 bits per heavy atom. The van der Waals surface area contributed by atoms with Crippen LogP contribution in [-0.4, -0.2) is 26.4 Å². The van der Waals surface area contributed by atoms with Crippen molar-refractivity contribution in [2.24, 2.45) is 11.8 Å². The molecule has 1 atom stereocenters. The van der Waals surface area contributed by atoms with Gasteiger partial charge in [-0.15, -0.1) is 0 Å². The molecule has 0 amide bonds.